The molecule has 76 valence electrons. The molecular formula is C11H6F2O2. The number of carboxylic acids is 1. The lowest BCUT2D eigenvalue weighted by Crippen LogP contribution is -1.98. The van der Waals surface area contributed by atoms with Crippen molar-refractivity contribution in [1.29, 1.82) is 0 Å². The molecule has 2 aromatic rings. The zero-order valence-electron chi connectivity index (χ0n) is 7.50. The molecule has 0 aromatic heterocycles. The van der Waals surface area contributed by atoms with Gasteiger partial charge in [-0.3, -0.25) is 0 Å². The third-order valence-corrected chi connectivity index (χ3v) is 2.14. The molecule has 0 aliphatic rings. The van der Waals surface area contributed by atoms with E-state index in [2.05, 4.69) is 0 Å². The second kappa shape index (κ2) is 3.31. The van der Waals surface area contributed by atoms with E-state index in [9.17, 15) is 13.6 Å². The molecular weight excluding hydrogens is 202 g/mol. The molecule has 0 heterocycles. The third kappa shape index (κ3) is 1.54. The van der Waals surface area contributed by atoms with Gasteiger partial charge in [0.2, 0.25) is 0 Å². The molecule has 0 unspecified atom stereocenters. The Morgan fingerprint density at radius 1 is 1.07 bits per heavy atom. The fourth-order valence-electron chi connectivity index (χ4n) is 1.43. The van der Waals surface area contributed by atoms with Crippen LogP contribution in [0.4, 0.5) is 8.78 Å². The van der Waals surface area contributed by atoms with Crippen LogP contribution >= 0.6 is 0 Å². The van der Waals surface area contributed by atoms with Gasteiger partial charge in [0.05, 0.1) is 5.56 Å². The number of fused-ring (bicyclic) bond motifs is 1. The minimum absolute atomic E-state index is 0.0186. The second-order valence-corrected chi connectivity index (χ2v) is 3.10. The van der Waals surface area contributed by atoms with Gasteiger partial charge in [-0.25, -0.2) is 13.6 Å². The Kier molecular flexibility index (Phi) is 2.11. The maximum Gasteiger partial charge on any atom is 0.335 e. The Labute approximate surface area is 83.8 Å². The van der Waals surface area contributed by atoms with Crippen LogP contribution in [0.25, 0.3) is 10.8 Å². The molecule has 0 spiro atoms. The van der Waals surface area contributed by atoms with E-state index in [1.807, 2.05) is 0 Å². The van der Waals surface area contributed by atoms with E-state index in [-0.39, 0.29) is 16.3 Å². The standard InChI is InChI=1S/C11H6F2O2/c12-9-3-1-2-7-8(9)4-6(11(14)15)5-10(7)13/h1-5H,(H,14,15). The average Bonchev–Trinajstić information content (AvgIpc) is 2.19. The lowest BCUT2D eigenvalue weighted by atomic mass is 10.1. The van der Waals surface area contributed by atoms with Crippen LogP contribution in [0.5, 0.6) is 0 Å². The van der Waals surface area contributed by atoms with Gasteiger partial charge in [0, 0.05) is 10.8 Å². The van der Waals surface area contributed by atoms with Crippen LogP contribution in [0.1, 0.15) is 10.4 Å². The van der Waals surface area contributed by atoms with E-state index in [0.29, 0.717) is 0 Å². The van der Waals surface area contributed by atoms with Crippen LogP contribution in [-0.4, -0.2) is 11.1 Å². The molecule has 0 aliphatic carbocycles. The number of hydrogen-bond acceptors (Lipinski definition) is 1. The smallest absolute Gasteiger partial charge is 0.335 e. The van der Waals surface area contributed by atoms with Gasteiger partial charge in [-0.1, -0.05) is 12.1 Å². The molecule has 0 amide bonds. The SMILES string of the molecule is O=C(O)c1cc(F)c2cccc(F)c2c1. The molecule has 0 fully saturated rings. The Morgan fingerprint density at radius 2 is 1.80 bits per heavy atom. The summed E-state index contributed by atoms with van der Waals surface area (Å²) in [7, 11) is 0. The first-order valence-electron chi connectivity index (χ1n) is 4.20. The molecule has 0 saturated carbocycles. The summed E-state index contributed by atoms with van der Waals surface area (Å²) >= 11 is 0. The van der Waals surface area contributed by atoms with E-state index in [1.54, 1.807) is 0 Å². The van der Waals surface area contributed by atoms with Crippen LogP contribution in [0, 0.1) is 11.6 Å². The third-order valence-electron chi connectivity index (χ3n) is 2.14. The van der Waals surface area contributed by atoms with Gasteiger partial charge in [-0.15, -0.1) is 0 Å². The van der Waals surface area contributed by atoms with Gasteiger partial charge >= 0.3 is 5.97 Å². The Balaban J connectivity index is 2.85. The maximum absolute atomic E-state index is 13.4. The highest BCUT2D eigenvalue weighted by molar-refractivity contribution is 5.94. The lowest BCUT2D eigenvalue weighted by molar-refractivity contribution is 0.0696. The van der Waals surface area contributed by atoms with Crippen LogP contribution in [0.3, 0.4) is 0 Å². The summed E-state index contributed by atoms with van der Waals surface area (Å²) in [5.41, 5.74) is -0.259. The molecule has 2 rings (SSSR count). The van der Waals surface area contributed by atoms with Crippen LogP contribution < -0.4 is 0 Å². The van der Waals surface area contributed by atoms with Crippen molar-refractivity contribution in [3.05, 3.63) is 47.5 Å². The average molecular weight is 208 g/mol. The number of aromatic carboxylic acids is 1. The summed E-state index contributed by atoms with van der Waals surface area (Å²) in [4.78, 5) is 10.6. The molecule has 0 saturated heterocycles. The van der Waals surface area contributed by atoms with E-state index in [1.165, 1.54) is 12.1 Å². The molecule has 0 aliphatic heterocycles. The van der Waals surface area contributed by atoms with E-state index < -0.39 is 17.6 Å². The first kappa shape index (κ1) is 9.58. The van der Waals surface area contributed by atoms with Crippen LogP contribution in [0.15, 0.2) is 30.3 Å². The summed E-state index contributed by atoms with van der Waals surface area (Å²) in [6, 6.07) is 5.94. The van der Waals surface area contributed by atoms with Gasteiger partial charge in [-0.05, 0) is 18.2 Å². The molecule has 0 radical (unpaired) electrons. The van der Waals surface area contributed by atoms with Gasteiger partial charge in [0.15, 0.2) is 0 Å². The summed E-state index contributed by atoms with van der Waals surface area (Å²) < 4.78 is 26.6. The van der Waals surface area contributed by atoms with Gasteiger partial charge in [0.25, 0.3) is 0 Å². The normalized spacial score (nSPS) is 10.5. The Morgan fingerprint density at radius 3 is 2.47 bits per heavy atom. The zero-order chi connectivity index (χ0) is 11.0. The van der Waals surface area contributed by atoms with Gasteiger partial charge in [-0.2, -0.15) is 0 Å². The molecule has 0 atom stereocenters. The Bertz CT molecular complexity index is 550. The topological polar surface area (TPSA) is 37.3 Å². The van der Waals surface area contributed by atoms with Crippen molar-refractivity contribution >= 4 is 16.7 Å². The fraction of sp³-hybridized carbons (Fsp3) is 0. The highest BCUT2D eigenvalue weighted by Crippen LogP contribution is 2.22. The van der Waals surface area contributed by atoms with Crippen molar-refractivity contribution < 1.29 is 18.7 Å². The highest BCUT2D eigenvalue weighted by Gasteiger charge is 2.10. The highest BCUT2D eigenvalue weighted by atomic mass is 19.1. The van der Waals surface area contributed by atoms with Crippen molar-refractivity contribution in [3.63, 3.8) is 0 Å². The quantitative estimate of drug-likeness (QED) is 0.782. The van der Waals surface area contributed by atoms with Crippen LogP contribution in [0.2, 0.25) is 0 Å². The van der Waals surface area contributed by atoms with E-state index in [4.69, 9.17) is 5.11 Å². The number of rotatable bonds is 1. The van der Waals surface area contributed by atoms with E-state index >= 15 is 0 Å². The molecule has 2 aromatic carbocycles. The van der Waals surface area contributed by atoms with Crippen molar-refractivity contribution in [1.82, 2.24) is 0 Å². The number of halogens is 2. The first-order chi connectivity index (χ1) is 7.09. The largest absolute Gasteiger partial charge is 0.478 e. The molecule has 1 N–H and O–H groups in total. The van der Waals surface area contributed by atoms with Crippen molar-refractivity contribution in [2.75, 3.05) is 0 Å². The zero-order valence-corrected chi connectivity index (χ0v) is 7.50. The number of carbonyl (C=O) groups is 1. The lowest BCUT2D eigenvalue weighted by Gasteiger charge is -2.02. The first-order valence-corrected chi connectivity index (χ1v) is 4.20. The molecule has 4 heteroatoms. The van der Waals surface area contributed by atoms with Crippen molar-refractivity contribution in [2.24, 2.45) is 0 Å². The predicted molar refractivity (Wildman–Crippen MR) is 50.8 cm³/mol. The van der Waals surface area contributed by atoms with Gasteiger partial charge in [0.1, 0.15) is 11.6 Å². The summed E-state index contributed by atoms with van der Waals surface area (Å²) in [6.45, 7) is 0. The van der Waals surface area contributed by atoms with Crippen molar-refractivity contribution in [2.45, 2.75) is 0 Å². The van der Waals surface area contributed by atoms with E-state index in [0.717, 1.165) is 18.2 Å². The number of hydrogen-bond donors (Lipinski definition) is 1. The summed E-state index contributed by atoms with van der Waals surface area (Å²) in [5, 5.41) is 8.74. The summed E-state index contributed by atoms with van der Waals surface area (Å²) in [6.07, 6.45) is 0. The maximum atomic E-state index is 13.4. The molecule has 15 heavy (non-hydrogen) atoms. The Hall–Kier alpha value is -1.97. The minimum Gasteiger partial charge on any atom is -0.478 e. The minimum atomic E-state index is -1.28. The fourth-order valence-corrected chi connectivity index (χ4v) is 1.43. The second-order valence-electron chi connectivity index (χ2n) is 3.10. The molecule has 2 nitrogen and oxygen atoms in total. The predicted octanol–water partition coefficient (Wildman–Crippen LogP) is 2.82. The number of carboxylic acid groups (broad SMARTS) is 1. The molecule has 0 bridgehead atoms. The van der Waals surface area contributed by atoms with Crippen molar-refractivity contribution in [3.8, 4) is 0 Å². The monoisotopic (exact) mass is 208 g/mol. The number of benzene rings is 2. The van der Waals surface area contributed by atoms with Crippen LogP contribution in [-0.2, 0) is 0 Å². The summed E-state index contributed by atoms with van der Waals surface area (Å²) in [5.74, 6) is -2.64. The van der Waals surface area contributed by atoms with Gasteiger partial charge < -0.3 is 5.11 Å².